The van der Waals surface area contributed by atoms with Crippen LogP contribution in [0.2, 0.25) is 5.02 Å². The topological polar surface area (TPSA) is 102 Å². The number of carbonyl (C=O) groups is 1. The molecule has 0 saturated heterocycles. The van der Waals surface area contributed by atoms with Gasteiger partial charge in [-0.1, -0.05) is 32.2 Å². The second-order valence-electron chi connectivity index (χ2n) is 5.70. The maximum atomic E-state index is 12.8. The first kappa shape index (κ1) is 9.83. The minimum Gasteiger partial charge on any atom is -0.364 e. The third-order valence-corrected chi connectivity index (χ3v) is 4.08. The van der Waals surface area contributed by atoms with Gasteiger partial charge >= 0.3 is 0 Å². The van der Waals surface area contributed by atoms with Crippen molar-refractivity contribution in [3.05, 3.63) is 56.7 Å². The second kappa shape index (κ2) is 6.21. The van der Waals surface area contributed by atoms with Crippen LogP contribution in [0.5, 0.6) is 0 Å². The molecule has 0 aliphatic rings. The van der Waals surface area contributed by atoms with Gasteiger partial charge in [0.25, 0.3) is 5.91 Å². The third-order valence-electron chi connectivity index (χ3n) is 3.79. The highest BCUT2D eigenvalue weighted by molar-refractivity contribution is 6.31. The fourth-order valence-corrected chi connectivity index (χ4v) is 2.94. The summed E-state index contributed by atoms with van der Waals surface area (Å²) in [4.78, 5) is 35.2. The van der Waals surface area contributed by atoms with E-state index in [0.29, 0.717) is 0 Å². The molecule has 0 radical (unpaired) electrons. The van der Waals surface area contributed by atoms with Crippen molar-refractivity contribution in [2.45, 2.75) is 32.9 Å². The largest absolute Gasteiger partial charge is 0.364 e. The number of nitrogens with zero attached hydrogens (tertiary/aromatic N) is 2. The van der Waals surface area contributed by atoms with Crippen LogP contribution >= 0.6 is 11.6 Å². The Morgan fingerprint density at radius 1 is 1.35 bits per heavy atom. The Kier molecular flexibility index (Phi) is 2.35. The van der Waals surface area contributed by atoms with Gasteiger partial charge in [0.2, 0.25) is 0 Å². The maximum Gasteiger partial charge on any atom is 0.268 e. The van der Waals surface area contributed by atoms with Gasteiger partial charge in [-0.15, -0.1) is 0 Å². The minimum atomic E-state index is -3.54. The van der Waals surface area contributed by atoms with E-state index in [9.17, 15) is 9.59 Å². The standard InChI is InChI=1S/C19H19ClN4O2/c1-9-10(7-11(20)17(23-9)19(2,3)4)13-8-14(25)15-12(24-13)5-6-22-16(15)18(21)26/h5-8H,1-4H3,(H2,21,26)(H,24,25)/i2D3,3D3,4D3. The molecule has 7 heteroatoms. The summed E-state index contributed by atoms with van der Waals surface area (Å²) in [5.41, 5.74) is 0.746. The van der Waals surface area contributed by atoms with E-state index >= 15 is 0 Å². The number of nitrogens with one attached hydrogen (secondary N) is 1. The number of amides is 1. The van der Waals surface area contributed by atoms with Gasteiger partial charge in [0.1, 0.15) is 5.69 Å². The summed E-state index contributed by atoms with van der Waals surface area (Å²) in [6, 6.07) is 3.68. The number of primary amides is 1. The molecule has 3 aromatic rings. The highest BCUT2D eigenvalue weighted by Crippen LogP contribution is 2.32. The molecule has 0 aliphatic heterocycles. The normalized spacial score (nSPS) is 18.3. The van der Waals surface area contributed by atoms with Gasteiger partial charge in [0.05, 0.1) is 27.3 Å². The number of aromatic amines is 1. The summed E-state index contributed by atoms with van der Waals surface area (Å²) in [5, 5.41) is -0.578. The molecule has 1 amide bonds. The molecule has 0 aromatic carbocycles. The number of aryl methyl sites for hydroxylation is 1. The van der Waals surface area contributed by atoms with E-state index in [1.54, 1.807) is 0 Å². The van der Waals surface area contributed by atoms with Crippen molar-refractivity contribution in [1.82, 2.24) is 15.0 Å². The molecule has 0 atom stereocenters. The zero-order valence-electron chi connectivity index (χ0n) is 22.5. The van der Waals surface area contributed by atoms with Crippen LogP contribution in [0.15, 0.2) is 29.2 Å². The third kappa shape index (κ3) is 3.08. The van der Waals surface area contributed by atoms with Crippen LogP contribution in [0.3, 0.4) is 0 Å². The molecule has 0 unspecified atom stereocenters. The van der Waals surface area contributed by atoms with Crippen LogP contribution in [0, 0.1) is 6.92 Å². The summed E-state index contributed by atoms with van der Waals surface area (Å²) in [6.45, 7) is -9.24. The summed E-state index contributed by atoms with van der Waals surface area (Å²) in [5.74, 6) is -0.908. The lowest BCUT2D eigenvalue weighted by molar-refractivity contribution is 0.0997. The molecule has 3 N–H and O–H groups in total. The summed E-state index contributed by atoms with van der Waals surface area (Å²) in [6.07, 6.45) is 1.26. The number of H-pyrrole nitrogens is 1. The first-order valence-electron chi connectivity index (χ1n) is 11.8. The number of halogens is 1. The first-order valence-corrected chi connectivity index (χ1v) is 7.72. The van der Waals surface area contributed by atoms with Crippen LogP contribution in [0.4, 0.5) is 0 Å². The van der Waals surface area contributed by atoms with E-state index in [0.717, 1.165) is 12.1 Å². The van der Waals surface area contributed by atoms with Gasteiger partial charge in [-0.25, -0.2) is 0 Å². The van der Waals surface area contributed by atoms with E-state index in [1.807, 2.05) is 0 Å². The molecule has 134 valence electrons. The Hall–Kier alpha value is -2.73. The Balaban J connectivity index is 2.35. The summed E-state index contributed by atoms with van der Waals surface area (Å²) in [7, 11) is 0. The van der Waals surface area contributed by atoms with Crippen molar-refractivity contribution < 1.29 is 17.1 Å². The number of pyridine rings is 3. The smallest absolute Gasteiger partial charge is 0.268 e. The van der Waals surface area contributed by atoms with E-state index < -0.39 is 48.0 Å². The number of fused-ring (bicyclic) bond motifs is 1. The van der Waals surface area contributed by atoms with Crippen molar-refractivity contribution >= 4 is 28.4 Å². The Bertz CT molecular complexity index is 1360. The molecule has 0 fully saturated rings. The van der Waals surface area contributed by atoms with Crippen LogP contribution in [-0.4, -0.2) is 20.9 Å². The van der Waals surface area contributed by atoms with Crippen molar-refractivity contribution in [1.29, 1.82) is 0 Å². The molecular formula is C19H19ClN4O2. The van der Waals surface area contributed by atoms with Gasteiger partial charge in [-0.3, -0.25) is 19.6 Å². The zero-order chi connectivity index (χ0) is 26.7. The number of nitrogens with two attached hydrogens (primary N) is 1. The van der Waals surface area contributed by atoms with Crippen molar-refractivity contribution in [2.24, 2.45) is 5.73 Å². The number of hydrogen-bond acceptors (Lipinski definition) is 4. The fraction of sp³-hybridized carbons (Fsp3) is 0.263. The van der Waals surface area contributed by atoms with Crippen LogP contribution in [0.1, 0.15) is 54.8 Å². The number of hydrogen-bond donors (Lipinski definition) is 2. The predicted octanol–water partition coefficient (Wildman–Crippen LogP) is 3.34. The molecule has 0 aliphatic carbocycles. The van der Waals surface area contributed by atoms with Gasteiger partial charge in [-0.05, 0) is 19.1 Å². The number of aromatic nitrogens is 3. The number of rotatable bonds is 2. The van der Waals surface area contributed by atoms with Crippen LogP contribution in [0.25, 0.3) is 22.2 Å². The van der Waals surface area contributed by atoms with Crippen molar-refractivity contribution in [3.8, 4) is 11.3 Å². The predicted molar refractivity (Wildman–Crippen MR) is 103 cm³/mol. The zero-order valence-corrected chi connectivity index (χ0v) is 14.2. The Morgan fingerprint density at radius 2 is 2.08 bits per heavy atom. The molecule has 3 rings (SSSR count). The number of carbonyl (C=O) groups excluding carboxylic acids is 1. The molecule has 3 heterocycles. The molecule has 3 aromatic heterocycles. The molecule has 0 spiro atoms. The maximum absolute atomic E-state index is 12.8. The van der Waals surface area contributed by atoms with E-state index in [2.05, 4.69) is 15.0 Å². The molecular weight excluding hydrogens is 352 g/mol. The Labute approximate surface area is 168 Å². The average Bonchev–Trinajstić information content (AvgIpc) is 2.66. The highest BCUT2D eigenvalue weighted by Gasteiger charge is 2.22. The minimum absolute atomic E-state index is 0.00528. The molecule has 0 saturated carbocycles. The molecule has 26 heavy (non-hydrogen) atoms. The van der Waals surface area contributed by atoms with Gasteiger partial charge < -0.3 is 10.7 Å². The SMILES string of the molecule is [2H]C([2H])([2H])C(c1nc(C)c(-c2cc(=O)c3c(C(N)=O)nccc3[nH]2)cc1Cl)(C([2H])([2H])[2H])C([2H])([2H])[2H]. The van der Waals surface area contributed by atoms with Crippen LogP contribution in [-0.2, 0) is 5.41 Å². The first-order chi connectivity index (χ1) is 15.8. The fourth-order valence-electron chi connectivity index (χ4n) is 2.65. The molecule has 0 bridgehead atoms. The summed E-state index contributed by atoms with van der Waals surface area (Å²) >= 11 is 6.30. The van der Waals surface area contributed by atoms with Crippen LogP contribution < -0.4 is 11.2 Å². The second-order valence-corrected chi connectivity index (χ2v) is 6.10. The average molecular weight is 380 g/mol. The summed E-state index contributed by atoms with van der Waals surface area (Å²) < 4.78 is 70.8. The van der Waals surface area contributed by atoms with Gasteiger partial charge in [0, 0.05) is 41.3 Å². The highest BCUT2D eigenvalue weighted by atomic mass is 35.5. The van der Waals surface area contributed by atoms with Gasteiger partial charge in [0.15, 0.2) is 5.43 Å². The molecule has 6 nitrogen and oxygen atoms in total. The lowest BCUT2D eigenvalue weighted by Gasteiger charge is -2.21. The van der Waals surface area contributed by atoms with E-state index in [-0.39, 0.29) is 33.5 Å². The lowest BCUT2D eigenvalue weighted by Crippen LogP contribution is -2.18. The monoisotopic (exact) mass is 379 g/mol. The van der Waals surface area contributed by atoms with E-state index in [4.69, 9.17) is 29.7 Å². The van der Waals surface area contributed by atoms with Crippen molar-refractivity contribution in [3.63, 3.8) is 0 Å². The van der Waals surface area contributed by atoms with E-state index in [1.165, 1.54) is 19.2 Å². The van der Waals surface area contributed by atoms with Crippen molar-refractivity contribution in [2.75, 3.05) is 0 Å². The van der Waals surface area contributed by atoms with Gasteiger partial charge in [-0.2, -0.15) is 0 Å². The quantitative estimate of drug-likeness (QED) is 0.712. The Morgan fingerprint density at radius 3 is 2.73 bits per heavy atom. The lowest BCUT2D eigenvalue weighted by atomic mass is 9.90.